The summed E-state index contributed by atoms with van der Waals surface area (Å²) in [4.78, 5) is 20.7. The molecule has 3 rings (SSSR count). The molecule has 28 heavy (non-hydrogen) atoms. The quantitative estimate of drug-likeness (QED) is 0.640. The Hall–Kier alpha value is -2.71. The first-order chi connectivity index (χ1) is 13.3. The average molecular weight is 378 g/mol. The lowest BCUT2D eigenvalue weighted by Crippen LogP contribution is -2.41. The van der Waals surface area contributed by atoms with Gasteiger partial charge in [-0.05, 0) is 45.6 Å². The van der Waals surface area contributed by atoms with E-state index in [2.05, 4.69) is 21.8 Å². The van der Waals surface area contributed by atoms with Gasteiger partial charge in [0.05, 0.1) is 11.5 Å². The lowest BCUT2D eigenvalue weighted by molar-refractivity contribution is -0.163. The van der Waals surface area contributed by atoms with E-state index in [1.807, 2.05) is 51.1 Å². The number of nitrogens with zero attached hydrogens (tertiary/aromatic N) is 2. The normalized spacial score (nSPS) is 24.7. The molecule has 1 aliphatic carbocycles. The molecule has 0 amide bonds. The Balaban J connectivity index is 1.87. The third-order valence-electron chi connectivity index (χ3n) is 4.85. The molecule has 1 N–H and O–H groups in total. The number of aromatic nitrogens is 2. The molecular weight excluding hydrogens is 352 g/mol. The second-order valence-corrected chi connectivity index (χ2v) is 8.31. The van der Waals surface area contributed by atoms with Crippen molar-refractivity contribution in [1.29, 1.82) is 0 Å². The Labute approximate surface area is 166 Å². The van der Waals surface area contributed by atoms with Crippen LogP contribution in [0.4, 0.5) is 0 Å². The SMILES string of the molecule is CC(C)(C)OC(=O)[C@@H]1CCC(O)(C#Cc2cncnc2)C[C@H]1c1ccccc1. The van der Waals surface area contributed by atoms with Crippen molar-refractivity contribution in [2.75, 3.05) is 0 Å². The van der Waals surface area contributed by atoms with Gasteiger partial charge in [0, 0.05) is 18.3 Å². The molecule has 5 heteroatoms. The van der Waals surface area contributed by atoms with Crippen LogP contribution in [-0.2, 0) is 9.53 Å². The van der Waals surface area contributed by atoms with Gasteiger partial charge in [-0.15, -0.1) is 0 Å². The van der Waals surface area contributed by atoms with E-state index in [1.54, 1.807) is 12.4 Å². The van der Waals surface area contributed by atoms with E-state index < -0.39 is 11.2 Å². The predicted octanol–water partition coefficient (Wildman–Crippen LogP) is 3.48. The lowest BCUT2D eigenvalue weighted by atomic mass is 9.69. The highest BCUT2D eigenvalue weighted by molar-refractivity contribution is 5.74. The molecular formula is C23H26N2O3. The van der Waals surface area contributed by atoms with Crippen molar-refractivity contribution in [3.05, 3.63) is 60.2 Å². The van der Waals surface area contributed by atoms with Crippen molar-refractivity contribution < 1.29 is 14.6 Å². The third-order valence-corrected chi connectivity index (χ3v) is 4.85. The van der Waals surface area contributed by atoms with Gasteiger partial charge in [-0.25, -0.2) is 9.97 Å². The van der Waals surface area contributed by atoms with Crippen LogP contribution in [-0.4, -0.2) is 32.2 Å². The molecule has 146 valence electrons. The number of hydrogen-bond acceptors (Lipinski definition) is 5. The van der Waals surface area contributed by atoms with Crippen molar-refractivity contribution in [2.45, 2.75) is 57.2 Å². The molecule has 1 aliphatic rings. The summed E-state index contributed by atoms with van der Waals surface area (Å²) in [6.45, 7) is 5.61. The van der Waals surface area contributed by atoms with Crippen molar-refractivity contribution >= 4 is 5.97 Å². The van der Waals surface area contributed by atoms with Crippen LogP contribution in [0.2, 0.25) is 0 Å². The highest BCUT2D eigenvalue weighted by atomic mass is 16.6. The summed E-state index contributed by atoms with van der Waals surface area (Å²) in [5.74, 6) is 5.29. The molecule has 0 aliphatic heterocycles. The molecule has 1 unspecified atom stereocenters. The number of ether oxygens (including phenoxy) is 1. The summed E-state index contributed by atoms with van der Waals surface area (Å²) in [5.41, 5.74) is -0.0450. The maximum absolute atomic E-state index is 12.8. The minimum atomic E-state index is -1.17. The number of carbonyl (C=O) groups is 1. The molecule has 1 saturated carbocycles. The first-order valence-corrected chi connectivity index (χ1v) is 9.54. The monoisotopic (exact) mass is 378 g/mol. The van der Waals surface area contributed by atoms with Crippen LogP contribution >= 0.6 is 0 Å². The zero-order valence-corrected chi connectivity index (χ0v) is 16.6. The Morgan fingerprint density at radius 2 is 1.89 bits per heavy atom. The van der Waals surface area contributed by atoms with E-state index in [1.165, 1.54) is 6.33 Å². The van der Waals surface area contributed by atoms with Gasteiger partial charge in [-0.2, -0.15) is 0 Å². The summed E-state index contributed by atoms with van der Waals surface area (Å²) in [6.07, 6.45) is 5.99. The van der Waals surface area contributed by atoms with E-state index in [-0.39, 0.29) is 17.8 Å². The zero-order chi connectivity index (χ0) is 20.2. The summed E-state index contributed by atoms with van der Waals surface area (Å²) in [5, 5.41) is 11.1. The van der Waals surface area contributed by atoms with E-state index in [4.69, 9.17) is 4.74 Å². The third kappa shape index (κ3) is 5.17. The standard InChI is InChI=1S/C23H26N2O3/c1-22(2,3)28-21(26)19-10-12-23(27,11-9-17-14-24-16-25-15-17)13-20(19)18-7-5-4-6-8-18/h4-8,14-16,19-20,27H,10,12-13H2,1-3H3/t19-,20+,23?/m1/s1. The first kappa shape index (κ1) is 20.0. The van der Waals surface area contributed by atoms with Gasteiger partial charge in [-0.3, -0.25) is 4.79 Å². The molecule has 5 nitrogen and oxygen atoms in total. The maximum atomic E-state index is 12.8. The topological polar surface area (TPSA) is 72.3 Å². The van der Waals surface area contributed by atoms with Gasteiger partial charge in [-0.1, -0.05) is 42.2 Å². The van der Waals surface area contributed by atoms with Crippen LogP contribution in [0.15, 0.2) is 49.1 Å². The number of esters is 1. The number of aliphatic hydroxyl groups is 1. The summed E-state index contributed by atoms with van der Waals surface area (Å²) < 4.78 is 5.65. The van der Waals surface area contributed by atoms with Crippen LogP contribution < -0.4 is 0 Å². The molecule has 0 spiro atoms. The van der Waals surface area contributed by atoms with Gasteiger partial charge in [0.25, 0.3) is 0 Å². The second kappa shape index (κ2) is 8.12. The lowest BCUT2D eigenvalue weighted by Gasteiger charge is -2.39. The highest BCUT2D eigenvalue weighted by Gasteiger charge is 2.43. The van der Waals surface area contributed by atoms with E-state index in [0.717, 1.165) is 5.56 Å². The summed E-state index contributed by atoms with van der Waals surface area (Å²) >= 11 is 0. The van der Waals surface area contributed by atoms with Crippen molar-refractivity contribution in [1.82, 2.24) is 9.97 Å². The minimum absolute atomic E-state index is 0.156. The second-order valence-electron chi connectivity index (χ2n) is 8.31. The van der Waals surface area contributed by atoms with Gasteiger partial charge in [0.15, 0.2) is 0 Å². The van der Waals surface area contributed by atoms with Crippen LogP contribution in [0.25, 0.3) is 0 Å². The predicted molar refractivity (Wildman–Crippen MR) is 106 cm³/mol. The molecule has 0 bridgehead atoms. The molecule has 3 atom stereocenters. The Morgan fingerprint density at radius 3 is 2.54 bits per heavy atom. The maximum Gasteiger partial charge on any atom is 0.310 e. The number of rotatable bonds is 2. The molecule has 0 saturated heterocycles. The Morgan fingerprint density at radius 1 is 1.21 bits per heavy atom. The van der Waals surface area contributed by atoms with Crippen molar-refractivity contribution in [3.8, 4) is 11.8 Å². The molecule has 1 aromatic carbocycles. The first-order valence-electron chi connectivity index (χ1n) is 9.54. The fourth-order valence-corrected chi connectivity index (χ4v) is 3.58. The number of benzene rings is 1. The highest BCUT2D eigenvalue weighted by Crippen LogP contribution is 2.43. The Kier molecular flexibility index (Phi) is 5.81. The molecule has 0 radical (unpaired) electrons. The fourth-order valence-electron chi connectivity index (χ4n) is 3.58. The van der Waals surface area contributed by atoms with Gasteiger partial charge < -0.3 is 9.84 Å². The largest absolute Gasteiger partial charge is 0.460 e. The average Bonchev–Trinajstić information content (AvgIpc) is 2.66. The van der Waals surface area contributed by atoms with E-state index >= 15 is 0 Å². The molecule has 1 heterocycles. The smallest absolute Gasteiger partial charge is 0.310 e. The van der Waals surface area contributed by atoms with Crippen LogP contribution in [0.3, 0.4) is 0 Å². The Bertz CT molecular complexity index is 865. The molecule has 1 fully saturated rings. The van der Waals surface area contributed by atoms with Crippen LogP contribution in [0.1, 0.15) is 57.1 Å². The van der Waals surface area contributed by atoms with E-state index in [0.29, 0.717) is 24.8 Å². The van der Waals surface area contributed by atoms with Crippen molar-refractivity contribution in [2.24, 2.45) is 5.92 Å². The number of carbonyl (C=O) groups excluding carboxylic acids is 1. The fraction of sp³-hybridized carbons (Fsp3) is 0.435. The number of hydrogen-bond donors (Lipinski definition) is 1. The molecule has 1 aromatic heterocycles. The van der Waals surface area contributed by atoms with Crippen molar-refractivity contribution in [3.63, 3.8) is 0 Å². The summed E-state index contributed by atoms with van der Waals surface area (Å²) in [7, 11) is 0. The van der Waals surface area contributed by atoms with Gasteiger partial charge >= 0.3 is 5.97 Å². The van der Waals surface area contributed by atoms with Gasteiger partial charge in [0.1, 0.15) is 17.5 Å². The van der Waals surface area contributed by atoms with Crippen LogP contribution in [0, 0.1) is 17.8 Å². The van der Waals surface area contributed by atoms with Gasteiger partial charge in [0.2, 0.25) is 0 Å². The minimum Gasteiger partial charge on any atom is -0.460 e. The van der Waals surface area contributed by atoms with E-state index in [9.17, 15) is 9.90 Å². The van der Waals surface area contributed by atoms with Crippen LogP contribution in [0.5, 0.6) is 0 Å². The summed E-state index contributed by atoms with van der Waals surface area (Å²) in [6, 6.07) is 9.82. The zero-order valence-electron chi connectivity index (χ0n) is 16.6. The molecule has 2 aromatic rings.